The van der Waals surface area contributed by atoms with Crippen LogP contribution in [0.4, 0.5) is 0 Å². The number of rotatable bonds is 5. The highest BCUT2D eigenvalue weighted by molar-refractivity contribution is 7.61. The molecule has 0 aromatic rings. The molecule has 0 heterocycles. The van der Waals surface area contributed by atoms with E-state index >= 15 is 0 Å². The molecule has 0 fully saturated rings. The summed E-state index contributed by atoms with van der Waals surface area (Å²) in [5.74, 6) is 1.61. The van der Waals surface area contributed by atoms with Crippen molar-refractivity contribution in [1.29, 1.82) is 0 Å². The third kappa shape index (κ3) is 12.2. The van der Waals surface area contributed by atoms with Gasteiger partial charge < -0.3 is 9.05 Å². The maximum Gasteiger partial charge on any atom is 0.221 e. The molecule has 0 aliphatic carbocycles. The molecule has 16 heavy (non-hydrogen) atoms. The van der Waals surface area contributed by atoms with E-state index in [4.69, 9.17) is 4.52 Å². The Hall–Kier alpha value is 0.120. The van der Waals surface area contributed by atoms with Gasteiger partial charge in [-0.1, -0.05) is 13.0 Å². The molecule has 0 aliphatic heterocycles. The van der Waals surface area contributed by atoms with Gasteiger partial charge in [-0.2, -0.15) is 0 Å². The van der Waals surface area contributed by atoms with Crippen LogP contribution in [0.1, 0.15) is 20.8 Å². The third-order valence-corrected chi connectivity index (χ3v) is 5.30. The Morgan fingerprint density at radius 3 is 1.88 bits per heavy atom. The molecule has 0 amide bonds. The summed E-state index contributed by atoms with van der Waals surface area (Å²) in [5, 5.41) is 0. The van der Waals surface area contributed by atoms with Gasteiger partial charge in [0.2, 0.25) is 7.37 Å². The highest BCUT2D eigenvalue weighted by Gasteiger charge is 2.07. The molecule has 6 heteroatoms. The van der Waals surface area contributed by atoms with Crippen molar-refractivity contribution in [3.8, 4) is 0 Å². The topological polar surface area (TPSA) is 52.6 Å². The van der Waals surface area contributed by atoms with Crippen molar-refractivity contribution in [2.24, 2.45) is 0 Å². The van der Waals surface area contributed by atoms with Crippen LogP contribution in [0.15, 0.2) is 11.9 Å². The highest BCUT2D eigenvalue weighted by atomic mass is 31.2. The lowest BCUT2D eigenvalue weighted by Gasteiger charge is -2.05. The van der Waals surface area contributed by atoms with Gasteiger partial charge in [0.15, 0.2) is 7.37 Å². The van der Waals surface area contributed by atoms with Crippen molar-refractivity contribution in [2.75, 3.05) is 33.2 Å². The van der Waals surface area contributed by atoms with Gasteiger partial charge in [-0.3, -0.25) is 9.13 Å². The largest absolute Gasteiger partial charge is 0.332 e. The monoisotopic (exact) mass is 270 g/mol. The molecule has 0 aromatic carbocycles. The van der Waals surface area contributed by atoms with E-state index < -0.39 is 14.7 Å². The summed E-state index contributed by atoms with van der Waals surface area (Å²) in [6.45, 7) is 9.26. The fraction of sp³-hybridized carbons (Fsp3) is 0.800. The lowest BCUT2D eigenvalue weighted by atomic mass is 10.8. The van der Waals surface area contributed by atoms with Crippen LogP contribution in [0.3, 0.4) is 0 Å². The Labute approximate surface area is 99.3 Å². The zero-order valence-electron chi connectivity index (χ0n) is 11.1. The predicted molar refractivity (Wildman–Crippen MR) is 71.1 cm³/mol. The lowest BCUT2D eigenvalue weighted by molar-refractivity contribution is 0.344. The summed E-state index contributed by atoms with van der Waals surface area (Å²) in [4.78, 5) is 0. The molecule has 0 bridgehead atoms. The second kappa shape index (κ2) is 9.18. The van der Waals surface area contributed by atoms with Crippen LogP contribution in [-0.2, 0) is 18.2 Å². The smallest absolute Gasteiger partial charge is 0.221 e. The molecule has 0 aromatic heterocycles. The summed E-state index contributed by atoms with van der Waals surface area (Å²) < 4.78 is 31.4. The Bertz CT molecular complexity index is 279. The molecule has 2 atom stereocenters. The van der Waals surface area contributed by atoms with Gasteiger partial charge in [0, 0.05) is 26.6 Å². The molecule has 0 rings (SSSR count). The average Bonchev–Trinajstić information content (AvgIpc) is 2.18. The van der Waals surface area contributed by atoms with E-state index in [1.54, 1.807) is 25.2 Å². The fourth-order valence-electron chi connectivity index (χ4n) is 0.699. The van der Waals surface area contributed by atoms with E-state index in [1.165, 1.54) is 7.11 Å². The second-order valence-corrected chi connectivity index (χ2v) is 8.72. The van der Waals surface area contributed by atoms with Gasteiger partial charge in [-0.05, 0) is 19.7 Å². The maximum absolute atomic E-state index is 11.1. The lowest BCUT2D eigenvalue weighted by Crippen LogP contribution is -1.82. The predicted octanol–water partition coefficient (Wildman–Crippen LogP) is 4.03. The van der Waals surface area contributed by atoms with Gasteiger partial charge in [-0.15, -0.1) is 0 Å². The van der Waals surface area contributed by atoms with E-state index in [2.05, 4.69) is 4.52 Å². The van der Waals surface area contributed by atoms with Crippen LogP contribution >= 0.6 is 14.7 Å². The Kier molecular flexibility index (Phi) is 10.6. The third-order valence-electron chi connectivity index (χ3n) is 1.77. The molecule has 2 unspecified atom stereocenters. The molecule has 98 valence electrons. The van der Waals surface area contributed by atoms with Crippen molar-refractivity contribution >= 4 is 14.7 Å². The Morgan fingerprint density at radius 2 is 1.69 bits per heavy atom. The van der Waals surface area contributed by atoms with E-state index in [0.717, 1.165) is 0 Å². The van der Waals surface area contributed by atoms with Crippen molar-refractivity contribution in [3.63, 3.8) is 0 Å². The summed E-state index contributed by atoms with van der Waals surface area (Å²) in [7, 11) is -3.05. The zero-order valence-corrected chi connectivity index (χ0v) is 12.9. The van der Waals surface area contributed by atoms with Crippen LogP contribution in [0.25, 0.3) is 0 Å². The van der Waals surface area contributed by atoms with Crippen molar-refractivity contribution in [2.45, 2.75) is 20.8 Å². The number of hydrogen-bond acceptors (Lipinski definition) is 4. The molecule has 0 N–H and O–H groups in total. The molecule has 0 spiro atoms. The normalized spacial score (nSPS) is 18.4. The fourth-order valence-corrected chi connectivity index (χ4v) is 2.10. The van der Waals surface area contributed by atoms with Crippen molar-refractivity contribution in [3.05, 3.63) is 11.9 Å². The molecule has 0 radical (unpaired) electrons. The first-order chi connectivity index (χ1) is 7.24. The van der Waals surface area contributed by atoms with E-state index in [9.17, 15) is 9.13 Å². The highest BCUT2D eigenvalue weighted by Crippen LogP contribution is 2.43. The first-order valence-corrected chi connectivity index (χ1v) is 9.62. The van der Waals surface area contributed by atoms with Gasteiger partial charge >= 0.3 is 0 Å². The molecule has 0 aliphatic rings. The van der Waals surface area contributed by atoms with E-state index in [0.29, 0.717) is 12.8 Å². The van der Waals surface area contributed by atoms with E-state index in [1.807, 2.05) is 20.8 Å². The first-order valence-electron chi connectivity index (χ1n) is 5.22. The van der Waals surface area contributed by atoms with Crippen molar-refractivity contribution in [1.82, 2.24) is 0 Å². The first kappa shape index (κ1) is 18.5. The van der Waals surface area contributed by atoms with Gasteiger partial charge in [-0.25, -0.2) is 0 Å². The van der Waals surface area contributed by atoms with Crippen LogP contribution in [0, 0.1) is 0 Å². The van der Waals surface area contributed by atoms with Crippen LogP contribution < -0.4 is 0 Å². The minimum Gasteiger partial charge on any atom is -0.332 e. The molecular formula is C10H24O4P2. The minimum absolute atomic E-state index is 0.512. The second-order valence-electron chi connectivity index (χ2n) is 3.32. The van der Waals surface area contributed by atoms with Gasteiger partial charge in [0.25, 0.3) is 0 Å². The molecule has 0 saturated carbocycles. The van der Waals surface area contributed by atoms with Crippen LogP contribution in [0.5, 0.6) is 0 Å². The standard InChI is InChI=1S/C6H13O2P.C4H11O2P/c1-4-6-9(3,7)8-5-2;1-4-7(3,5)6-2/h4,6H,5H2,1-3H3;4H2,1-3H3/b6-4+;. The zero-order chi connectivity index (χ0) is 13.2. The molecular weight excluding hydrogens is 246 g/mol. The van der Waals surface area contributed by atoms with Crippen LogP contribution in [-0.4, -0.2) is 33.2 Å². The van der Waals surface area contributed by atoms with Crippen LogP contribution in [0.2, 0.25) is 0 Å². The molecule has 4 nitrogen and oxygen atoms in total. The SMILES string of the molecule is C/C=C/P(C)(=O)OCC.CCP(C)(=O)OC. The quantitative estimate of drug-likeness (QED) is 0.708. The van der Waals surface area contributed by atoms with Gasteiger partial charge in [0.05, 0.1) is 6.61 Å². The van der Waals surface area contributed by atoms with Crippen molar-refractivity contribution < 1.29 is 18.2 Å². The number of allylic oxidation sites excluding steroid dienone is 1. The van der Waals surface area contributed by atoms with E-state index in [-0.39, 0.29) is 0 Å². The summed E-state index contributed by atoms with van der Waals surface area (Å²) in [6.07, 6.45) is 2.37. The average molecular weight is 270 g/mol. The summed E-state index contributed by atoms with van der Waals surface area (Å²) in [6, 6.07) is 0. The summed E-state index contributed by atoms with van der Waals surface area (Å²) >= 11 is 0. The minimum atomic E-state index is -2.37. The Balaban J connectivity index is 0. The molecule has 0 saturated heterocycles. The summed E-state index contributed by atoms with van der Waals surface area (Å²) in [5.41, 5.74) is 0. The van der Waals surface area contributed by atoms with Gasteiger partial charge in [0.1, 0.15) is 0 Å². The maximum atomic E-state index is 11.1. The number of hydrogen-bond donors (Lipinski definition) is 0. The Morgan fingerprint density at radius 1 is 1.19 bits per heavy atom.